The van der Waals surface area contributed by atoms with Crippen LogP contribution in [0, 0.1) is 0 Å². The van der Waals surface area contributed by atoms with Crippen molar-refractivity contribution in [3.05, 3.63) is 34.6 Å². The van der Waals surface area contributed by atoms with Crippen molar-refractivity contribution in [2.24, 2.45) is 0 Å². The lowest BCUT2D eigenvalue weighted by atomic mass is 10.1. The van der Waals surface area contributed by atoms with Gasteiger partial charge >= 0.3 is 0 Å². The monoisotopic (exact) mass is 439 g/mol. The van der Waals surface area contributed by atoms with Crippen LogP contribution in [0.4, 0.5) is 5.82 Å². The zero-order chi connectivity index (χ0) is 16.4. The molecule has 0 saturated heterocycles. The number of halogens is 2. The third kappa shape index (κ3) is 3.20. The maximum Gasteiger partial charge on any atom is 0.270 e. The van der Waals surface area contributed by atoms with E-state index >= 15 is 0 Å². The van der Waals surface area contributed by atoms with Crippen molar-refractivity contribution in [2.45, 2.75) is 5.33 Å². The molecule has 0 spiro atoms. The largest absolute Gasteiger partial charge is 0.496 e. The third-order valence-electron chi connectivity index (χ3n) is 3.05. The normalized spacial score (nSPS) is 10.7. The fourth-order valence-corrected chi connectivity index (χ4v) is 2.59. The van der Waals surface area contributed by atoms with Gasteiger partial charge in [0.25, 0.3) is 11.8 Å². The molecule has 0 fully saturated rings. The van der Waals surface area contributed by atoms with Crippen LogP contribution in [-0.4, -0.2) is 27.3 Å². The molecule has 23 heavy (non-hydrogen) atoms. The summed E-state index contributed by atoms with van der Waals surface area (Å²) in [5.74, 6) is 1.37. The number of alkyl halides is 1. The number of anilines is 1. The predicted molar refractivity (Wildman–Crippen MR) is 92.1 cm³/mol. The summed E-state index contributed by atoms with van der Waals surface area (Å²) in [5.41, 5.74) is 7.91. The van der Waals surface area contributed by atoms with Crippen molar-refractivity contribution in [2.75, 3.05) is 12.8 Å². The lowest BCUT2D eigenvalue weighted by Crippen LogP contribution is -1.97. The minimum Gasteiger partial charge on any atom is -0.496 e. The number of aromatic nitrogens is 4. The zero-order valence-corrected chi connectivity index (χ0v) is 15.1. The molecule has 0 aliphatic rings. The van der Waals surface area contributed by atoms with Crippen LogP contribution in [0.2, 0.25) is 0 Å². The summed E-state index contributed by atoms with van der Waals surface area (Å²) in [4.78, 5) is 8.22. The van der Waals surface area contributed by atoms with Crippen LogP contribution in [0.5, 0.6) is 5.75 Å². The summed E-state index contributed by atoms with van der Waals surface area (Å²) < 4.78 is 11.6. The maximum absolute atomic E-state index is 5.81. The Kier molecular flexibility index (Phi) is 4.58. The van der Waals surface area contributed by atoms with Crippen molar-refractivity contribution in [3.63, 3.8) is 0 Å². The highest BCUT2D eigenvalue weighted by atomic mass is 79.9. The van der Waals surface area contributed by atoms with Crippen LogP contribution in [-0.2, 0) is 5.33 Å². The molecule has 1 aromatic carbocycles. The van der Waals surface area contributed by atoms with Gasteiger partial charge in [-0.05, 0) is 33.6 Å². The van der Waals surface area contributed by atoms with Crippen molar-refractivity contribution >= 4 is 37.7 Å². The highest BCUT2D eigenvalue weighted by Gasteiger charge is 2.18. The van der Waals surface area contributed by atoms with Crippen LogP contribution < -0.4 is 10.5 Å². The van der Waals surface area contributed by atoms with Gasteiger partial charge in [0, 0.05) is 5.33 Å². The number of hydrogen-bond donors (Lipinski definition) is 1. The quantitative estimate of drug-likeness (QED) is 0.620. The molecular formula is C14H11Br2N5O2. The van der Waals surface area contributed by atoms with E-state index in [9.17, 15) is 0 Å². The van der Waals surface area contributed by atoms with Crippen molar-refractivity contribution < 1.29 is 9.15 Å². The van der Waals surface area contributed by atoms with Gasteiger partial charge in [-0.3, -0.25) is 0 Å². The number of rotatable bonds is 4. The highest BCUT2D eigenvalue weighted by Crippen LogP contribution is 2.32. The third-order valence-corrected chi connectivity index (χ3v) is 4.08. The molecule has 0 bridgehead atoms. The molecule has 2 aromatic heterocycles. The molecule has 0 radical (unpaired) electrons. The lowest BCUT2D eigenvalue weighted by molar-refractivity contribution is 0.414. The Morgan fingerprint density at radius 2 is 2.04 bits per heavy atom. The second-order valence-corrected chi connectivity index (χ2v) is 5.88. The van der Waals surface area contributed by atoms with Crippen LogP contribution in [0.15, 0.2) is 33.4 Å². The predicted octanol–water partition coefficient (Wildman–Crippen LogP) is 3.44. The molecule has 3 rings (SSSR count). The number of benzene rings is 1. The van der Waals surface area contributed by atoms with Gasteiger partial charge in [-0.25, -0.2) is 9.97 Å². The van der Waals surface area contributed by atoms with E-state index in [-0.39, 0.29) is 11.7 Å². The first-order chi connectivity index (χ1) is 11.1. The number of hydrogen-bond acceptors (Lipinski definition) is 7. The fraction of sp³-hybridized carbons (Fsp3) is 0.143. The molecule has 2 N–H and O–H groups in total. The van der Waals surface area contributed by atoms with Crippen LogP contribution in [0.25, 0.3) is 23.0 Å². The molecule has 0 saturated carbocycles. The van der Waals surface area contributed by atoms with E-state index in [1.54, 1.807) is 7.11 Å². The van der Waals surface area contributed by atoms with Gasteiger partial charge in [-0.2, -0.15) is 0 Å². The first-order valence-corrected chi connectivity index (χ1v) is 8.39. The van der Waals surface area contributed by atoms with Crippen molar-refractivity contribution in [1.82, 2.24) is 20.2 Å². The van der Waals surface area contributed by atoms with E-state index in [1.165, 1.54) is 6.20 Å². The Bertz CT molecular complexity index is 853. The number of nitrogen functional groups attached to an aromatic ring is 1. The van der Waals surface area contributed by atoms with Gasteiger partial charge in [-0.1, -0.05) is 22.0 Å². The van der Waals surface area contributed by atoms with Gasteiger partial charge in [0.1, 0.15) is 10.4 Å². The minimum absolute atomic E-state index is 0.193. The topological polar surface area (TPSA) is 100.0 Å². The summed E-state index contributed by atoms with van der Waals surface area (Å²) >= 11 is 6.65. The second kappa shape index (κ2) is 6.63. The Labute approximate surface area is 148 Å². The summed E-state index contributed by atoms with van der Waals surface area (Å²) in [7, 11) is 1.59. The molecule has 0 atom stereocenters. The van der Waals surface area contributed by atoms with Gasteiger partial charge in [-0.15, -0.1) is 10.2 Å². The molecular weight excluding hydrogens is 430 g/mol. The lowest BCUT2D eigenvalue weighted by Gasteiger charge is -2.06. The second-order valence-electron chi connectivity index (χ2n) is 4.51. The van der Waals surface area contributed by atoms with Gasteiger partial charge in [0.2, 0.25) is 0 Å². The number of ether oxygens (including phenoxy) is 1. The Morgan fingerprint density at radius 1 is 1.26 bits per heavy atom. The van der Waals surface area contributed by atoms with Crippen molar-refractivity contribution in [3.8, 4) is 28.8 Å². The van der Waals surface area contributed by atoms with Gasteiger partial charge in [0.15, 0.2) is 11.5 Å². The SMILES string of the molecule is COc1cc(CBr)ccc1-c1nnc(-c2nc(Br)cnc2N)o1. The first-order valence-electron chi connectivity index (χ1n) is 6.47. The van der Waals surface area contributed by atoms with E-state index in [0.717, 1.165) is 10.9 Å². The number of methoxy groups -OCH3 is 1. The minimum atomic E-state index is 0.193. The summed E-state index contributed by atoms with van der Waals surface area (Å²) in [5, 5.41) is 8.77. The average Bonchev–Trinajstić information content (AvgIpc) is 3.06. The Morgan fingerprint density at radius 3 is 2.78 bits per heavy atom. The molecule has 2 heterocycles. The maximum atomic E-state index is 5.81. The fourth-order valence-electron chi connectivity index (χ4n) is 1.96. The van der Waals surface area contributed by atoms with E-state index < -0.39 is 0 Å². The standard InChI is InChI=1S/C14H11Br2N5O2/c1-22-9-4-7(5-15)2-3-8(9)13-20-21-14(23-13)11-12(17)18-6-10(16)19-11/h2-4,6H,5H2,1H3,(H2,17,18). The van der Waals surface area contributed by atoms with Crippen LogP contribution >= 0.6 is 31.9 Å². The zero-order valence-electron chi connectivity index (χ0n) is 12.0. The Hall–Kier alpha value is -2.00. The van der Waals surface area contributed by atoms with Gasteiger partial charge in [0.05, 0.1) is 18.9 Å². The molecule has 0 unspecified atom stereocenters. The summed E-state index contributed by atoms with van der Waals surface area (Å²) in [6, 6.07) is 5.72. The smallest absolute Gasteiger partial charge is 0.270 e. The molecule has 118 valence electrons. The van der Waals surface area contributed by atoms with Crippen LogP contribution in [0.1, 0.15) is 5.56 Å². The molecule has 9 heteroatoms. The molecule has 3 aromatic rings. The van der Waals surface area contributed by atoms with E-state index in [1.807, 2.05) is 18.2 Å². The molecule has 0 amide bonds. The van der Waals surface area contributed by atoms with E-state index in [0.29, 0.717) is 27.5 Å². The Balaban J connectivity index is 2.04. The molecule has 7 nitrogen and oxygen atoms in total. The van der Waals surface area contributed by atoms with Gasteiger partial charge < -0.3 is 14.9 Å². The summed E-state index contributed by atoms with van der Waals surface area (Å²) in [6.45, 7) is 0. The molecule has 0 aliphatic heterocycles. The summed E-state index contributed by atoms with van der Waals surface area (Å²) in [6.07, 6.45) is 1.50. The van der Waals surface area contributed by atoms with Crippen LogP contribution in [0.3, 0.4) is 0 Å². The number of nitrogens with zero attached hydrogens (tertiary/aromatic N) is 4. The van der Waals surface area contributed by atoms with E-state index in [4.69, 9.17) is 14.9 Å². The number of nitrogens with two attached hydrogens (primary N) is 1. The average molecular weight is 441 g/mol. The van der Waals surface area contributed by atoms with Crippen molar-refractivity contribution in [1.29, 1.82) is 0 Å². The molecule has 0 aliphatic carbocycles. The van der Waals surface area contributed by atoms with E-state index in [2.05, 4.69) is 52.0 Å². The highest BCUT2D eigenvalue weighted by molar-refractivity contribution is 9.10. The first kappa shape index (κ1) is 15.9.